The van der Waals surface area contributed by atoms with Crippen LogP contribution in [0.1, 0.15) is 55.3 Å². The van der Waals surface area contributed by atoms with Crippen molar-refractivity contribution in [3.05, 3.63) is 21.9 Å². The number of carbonyl (C=O) groups excluding carboxylic acids is 1. The molecule has 3 heteroatoms. The number of rotatable bonds is 2. The van der Waals surface area contributed by atoms with Crippen LogP contribution in [0.4, 0.5) is 0 Å². The fourth-order valence-electron chi connectivity index (χ4n) is 4.07. The number of ether oxygens (including phenoxy) is 1. The van der Waals surface area contributed by atoms with E-state index in [9.17, 15) is 4.79 Å². The quantitative estimate of drug-likeness (QED) is 0.748. The summed E-state index contributed by atoms with van der Waals surface area (Å²) >= 11 is 1.49. The number of aryl methyl sites for hydroxylation is 1. The average molecular weight is 278 g/mol. The Hall–Kier alpha value is -0.830. The largest absolute Gasteiger partial charge is 0.458 e. The molecule has 0 aromatic carbocycles. The van der Waals surface area contributed by atoms with Crippen molar-refractivity contribution < 1.29 is 9.53 Å². The van der Waals surface area contributed by atoms with Crippen LogP contribution in [-0.2, 0) is 4.74 Å². The Morgan fingerprint density at radius 3 is 2.63 bits per heavy atom. The first kappa shape index (κ1) is 13.2. The Balaban J connectivity index is 1.79. The van der Waals surface area contributed by atoms with Crippen LogP contribution in [0.25, 0.3) is 0 Å². The van der Waals surface area contributed by atoms with Crippen LogP contribution in [0, 0.1) is 23.7 Å². The van der Waals surface area contributed by atoms with Gasteiger partial charge in [-0.2, -0.15) is 0 Å². The summed E-state index contributed by atoms with van der Waals surface area (Å²) in [5.74, 6) is 0.585. The molecule has 2 saturated carbocycles. The maximum Gasteiger partial charge on any atom is 0.348 e. The van der Waals surface area contributed by atoms with E-state index in [1.165, 1.54) is 24.2 Å². The highest BCUT2D eigenvalue weighted by Crippen LogP contribution is 2.66. The molecule has 2 nitrogen and oxygen atoms in total. The number of hydrogen-bond acceptors (Lipinski definition) is 3. The van der Waals surface area contributed by atoms with Crippen molar-refractivity contribution in [1.29, 1.82) is 0 Å². The molecule has 3 rings (SSSR count). The van der Waals surface area contributed by atoms with Gasteiger partial charge < -0.3 is 4.74 Å². The Kier molecular flexibility index (Phi) is 2.83. The number of hydrogen-bond donors (Lipinski definition) is 0. The second-order valence-electron chi connectivity index (χ2n) is 6.94. The van der Waals surface area contributed by atoms with Crippen LogP contribution in [0.5, 0.6) is 0 Å². The summed E-state index contributed by atoms with van der Waals surface area (Å²) in [5, 5.41) is 1.96. The lowest BCUT2D eigenvalue weighted by molar-refractivity contribution is -0.0239. The fraction of sp³-hybridized carbons (Fsp3) is 0.688. The summed E-state index contributed by atoms with van der Waals surface area (Å²) in [6.45, 7) is 8.96. The highest BCUT2D eigenvalue weighted by molar-refractivity contribution is 7.12. The van der Waals surface area contributed by atoms with Crippen LogP contribution in [0.3, 0.4) is 0 Å². The molecule has 0 saturated heterocycles. The van der Waals surface area contributed by atoms with E-state index in [1.807, 2.05) is 18.4 Å². The van der Waals surface area contributed by atoms with Crippen LogP contribution in [0.15, 0.2) is 11.4 Å². The molecule has 3 unspecified atom stereocenters. The van der Waals surface area contributed by atoms with E-state index in [-0.39, 0.29) is 17.5 Å². The third-order valence-electron chi connectivity index (χ3n) is 6.01. The number of thiophene rings is 1. The summed E-state index contributed by atoms with van der Waals surface area (Å²) < 4.78 is 5.88. The second kappa shape index (κ2) is 4.08. The molecular weight excluding hydrogens is 256 g/mol. The molecule has 0 aliphatic heterocycles. The monoisotopic (exact) mass is 278 g/mol. The van der Waals surface area contributed by atoms with Gasteiger partial charge >= 0.3 is 5.97 Å². The van der Waals surface area contributed by atoms with Crippen molar-refractivity contribution in [2.75, 3.05) is 0 Å². The number of esters is 1. The average Bonchev–Trinajstić information content (AvgIpc) is 2.90. The Bertz CT molecular complexity index is 517. The molecular formula is C16H22O2S. The molecule has 0 N–H and O–H groups in total. The van der Waals surface area contributed by atoms with Gasteiger partial charge in [-0.15, -0.1) is 11.3 Å². The van der Waals surface area contributed by atoms with E-state index in [0.717, 1.165) is 16.9 Å². The van der Waals surface area contributed by atoms with Crippen LogP contribution in [0.2, 0.25) is 0 Å². The molecule has 0 spiro atoms. The molecule has 0 radical (unpaired) electrons. The molecule has 2 fully saturated rings. The minimum absolute atomic E-state index is 0.0928. The highest BCUT2D eigenvalue weighted by Gasteiger charge is 2.62. The normalized spacial score (nSPS) is 35.6. The summed E-state index contributed by atoms with van der Waals surface area (Å²) in [4.78, 5) is 13.1. The molecule has 1 aromatic rings. The van der Waals surface area contributed by atoms with Gasteiger partial charge in [-0.25, -0.2) is 4.79 Å². The predicted octanol–water partition coefficient (Wildman–Crippen LogP) is 4.43. The zero-order valence-corrected chi connectivity index (χ0v) is 13.0. The van der Waals surface area contributed by atoms with Crippen LogP contribution in [-0.4, -0.2) is 12.1 Å². The summed E-state index contributed by atoms with van der Waals surface area (Å²) in [5.41, 5.74) is 1.48. The van der Waals surface area contributed by atoms with E-state index < -0.39 is 0 Å². The number of fused-ring (bicyclic) bond motifs is 2. The molecule has 19 heavy (non-hydrogen) atoms. The Morgan fingerprint density at radius 1 is 1.42 bits per heavy atom. The smallest absolute Gasteiger partial charge is 0.348 e. The van der Waals surface area contributed by atoms with Gasteiger partial charge in [-0.1, -0.05) is 20.8 Å². The third-order valence-corrected chi connectivity index (χ3v) is 7.01. The molecule has 2 aliphatic rings. The lowest BCUT2D eigenvalue weighted by Gasteiger charge is -2.38. The maximum atomic E-state index is 12.3. The molecule has 3 atom stereocenters. The molecule has 104 valence electrons. The predicted molar refractivity (Wildman–Crippen MR) is 77.5 cm³/mol. The van der Waals surface area contributed by atoms with E-state index in [4.69, 9.17) is 4.74 Å². The summed E-state index contributed by atoms with van der Waals surface area (Å²) in [7, 11) is 0. The van der Waals surface area contributed by atoms with Crippen molar-refractivity contribution in [2.45, 2.75) is 53.1 Å². The van der Waals surface area contributed by atoms with Crippen molar-refractivity contribution in [3.8, 4) is 0 Å². The van der Waals surface area contributed by atoms with E-state index in [1.54, 1.807) is 0 Å². The van der Waals surface area contributed by atoms with Gasteiger partial charge in [0, 0.05) is 5.41 Å². The highest BCUT2D eigenvalue weighted by atomic mass is 32.1. The van der Waals surface area contributed by atoms with Gasteiger partial charge in [0.15, 0.2) is 0 Å². The van der Waals surface area contributed by atoms with Gasteiger partial charge in [0.25, 0.3) is 0 Å². The van der Waals surface area contributed by atoms with Gasteiger partial charge in [0.2, 0.25) is 0 Å². The Morgan fingerprint density at radius 2 is 2.16 bits per heavy atom. The van der Waals surface area contributed by atoms with E-state index in [0.29, 0.717) is 11.3 Å². The van der Waals surface area contributed by atoms with E-state index >= 15 is 0 Å². The first-order valence-corrected chi connectivity index (χ1v) is 7.99. The first-order valence-electron chi connectivity index (χ1n) is 7.11. The molecule has 1 heterocycles. The molecule has 0 amide bonds. The van der Waals surface area contributed by atoms with Gasteiger partial charge in [-0.3, -0.25) is 0 Å². The third kappa shape index (κ3) is 1.70. The topological polar surface area (TPSA) is 26.3 Å². The lowest BCUT2D eigenvalue weighted by Crippen LogP contribution is -2.38. The maximum absolute atomic E-state index is 12.3. The minimum atomic E-state index is -0.123. The van der Waals surface area contributed by atoms with Gasteiger partial charge in [-0.05, 0) is 54.5 Å². The first-order chi connectivity index (χ1) is 8.86. The van der Waals surface area contributed by atoms with Gasteiger partial charge in [0.1, 0.15) is 11.0 Å². The summed E-state index contributed by atoms with van der Waals surface area (Å²) in [6.07, 6.45) is 3.61. The molecule has 1 aromatic heterocycles. The fourth-order valence-corrected chi connectivity index (χ4v) is 4.88. The summed E-state index contributed by atoms with van der Waals surface area (Å²) in [6, 6.07) is 1.98. The molecule has 2 aliphatic carbocycles. The van der Waals surface area contributed by atoms with E-state index in [2.05, 4.69) is 20.8 Å². The van der Waals surface area contributed by atoms with Crippen LogP contribution < -0.4 is 0 Å². The number of carbonyl (C=O) groups is 1. The minimum Gasteiger partial charge on any atom is -0.458 e. The standard InChI is InChI=1S/C16H22O2S/c1-10-6-8-19-13(10)14(17)18-12-9-11-5-7-16(12,4)15(11,2)3/h6,8,11-12H,5,7,9H2,1-4H3. The second-order valence-corrected chi connectivity index (χ2v) is 7.85. The molecule has 2 bridgehead atoms. The zero-order valence-electron chi connectivity index (χ0n) is 12.2. The van der Waals surface area contributed by atoms with Crippen LogP contribution >= 0.6 is 11.3 Å². The van der Waals surface area contributed by atoms with Gasteiger partial charge in [0.05, 0.1) is 0 Å². The van der Waals surface area contributed by atoms with Crippen molar-refractivity contribution in [3.63, 3.8) is 0 Å². The lowest BCUT2D eigenvalue weighted by atomic mass is 9.70. The van der Waals surface area contributed by atoms with Crippen molar-refractivity contribution >= 4 is 17.3 Å². The SMILES string of the molecule is Cc1ccsc1C(=O)OC1CC2CCC1(C)C2(C)C. The van der Waals surface area contributed by atoms with Crippen molar-refractivity contribution in [1.82, 2.24) is 0 Å². The van der Waals surface area contributed by atoms with Crippen molar-refractivity contribution in [2.24, 2.45) is 16.7 Å². The Labute approximate surface area is 119 Å². The zero-order chi connectivity index (χ0) is 13.8.